The average molecular weight is 467 g/mol. The van der Waals surface area contributed by atoms with Gasteiger partial charge in [-0.15, -0.1) is 0 Å². The van der Waals surface area contributed by atoms with Crippen molar-refractivity contribution in [2.24, 2.45) is 0 Å². The summed E-state index contributed by atoms with van der Waals surface area (Å²) in [6.45, 7) is 5.97. The molecule has 2 aliphatic heterocycles. The van der Waals surface area contributed by atoms with Gasteiger partial charge in [0.05, 0.1) is 34.9 Å². The van der Waals surface area contributed by atoms with Gasteiger partial charge in [0.15, 0.2) is 5.16 Å². The lowest BCUT2D eigenvalue weighted by Crippen LogP contribution is -2.40. The molecule has 2 aliphatic rings. The zero-order chi connectivity index (χ0) is 21.8. The number of hydrogen-bond donors (Lipinski definition) is 0. The van der Waals surface area contributed by atoms with Crippen LogP contribution in [0.3, 0.4) is 0 Å². The van der Waals surface area contributed by atoms with Crippen molar-refractivity contribution in [2.75, 3.05) is 45.1 Å². The molecule has 0 spiro atoms. The number of ether oxygens (including phenoxy) is 1. The van der Waals surface area contributed by atoms with Gasteiger partial charge >= 0.3 is 0 Å². The van der Waals surface area contributed by atoms with Crippen molar-refractivity contribution in [1.82, 2.24) is 18.8 Å². The van der Waals surface area contributed by atoms with Crippen LogP contribution in [0.4, 0.5) is 0 Å². The van der Waals surface area contributed by atoms with Gasteiger partial charge in [0.1, 0.15) is 0 Å². The van der Waals surface area contributed by atoms with E-state index in [2.05, 4.69) is 4.98 Å². The van der Waals surface area contributed by atoms with Crippen LogP contribution in [0, 0.1) is 0 Å². The topological polar surface area (TPSA) is 84.7 Å². The molecule has 1 amide bonds. The van der Waals surface area contributed by atoms with Crippen LogP contribution in [0.15, 0.2) is 28.3 Å². The van der Waals surface area contributed by atoms with Crippen LogP contribution in [0.5, 0.6) is 0 Å². The third-order valence-electron chi connectivity index (χ3n) is 5.89. The van der Waals surface area contributed by atoms with Gasteiger partial charge in [0.25, 0.3) is 0 Å². The van der Waals surface area contributed by atoms with E-state index < -0.39 is 10.0 Å². The second-order valence-corrected chi connectivity index (χ2v) is 10.8. The van der Waals surface area contributed by atoms with Crippen LogP contribution in [0.25, 0.3) is 11.0 Å². The first-order valence-electron chi connectivity index (χ1n) is 11.0. The Morgan fingerprint density at radius 1 is 1.10 bits per heavy atom. The first kappa shape index (κ1) is 22.6. The van der Waals surface area contributed by atoms with Crippen molar-refractivity contribution < 1.29 is 17.9 Å². The van der Waals surface area contributed by atoms with E-state index in [4.69, 9.17) is 4.74 Å². The molecule has 4 rings (SSSR count). The van der Waals surface area contributed by atoms with Crippen LogP contribution in [-0.4, -0.2) is 78.2 Å². The Bertz CT molecular complexity index is 1020. The molecule has 2 aromatic rings. The lowest BCUT2D eigenvalue weighted by atomic mass is 10.2. The summed E-state index contributed by atoms with van der Waals surface area (Å²) in [6, 6.07) is 5.12. The number of rotatable bonds is 6. The van der Waals surface area contributed by atoms with Crippen LogP contribution in [0.2, 0.25) is 0 Å². The third kappa shape index (κ3) is 4.92. The number of thioether (sulfide) groups is 1. The zero-order valence-corrected chi connectivity index (χ0v) is 19.6. The minimum absolute atomic E-state index is 0.150. The number of fused-ring (bicyclic) bond motifs is 1. The van der Waals surface area contributed by atoms with Crippen LogP contribution in [-0.2, 0) is 26.1 Å². The van der Waals surface area contributed by atoms with E-state index in [1.807, 2.05) is 22.5 Å². The van der Waals surface area contributed by atoms with Crippen molar-refractivity contribution in [3.05, 3.63) is 18.2 Å². The molecule has 2 saturated heterocycles. The number of imidazole rings is 1. The predicted octanol–water partition coefficient (Wildman–Crippen LogP) is 2.57. The van der Waals surface area contributed by atoms with Crippen LogP contribution >= 0.6 is 11.8 Å². The number of aryl methyl sites for hydroxylation is 1. The van der Waals surface area contributed by atoms with Crippen LogP contribution < -0.4 is 0 Å². The predicted molar refractivity (Wildman–Crippen MR) is 121 cm³/mol. The van der Waals surface area contributed by atoms with Crippen molar-refractivity contribution in [2.45, 2.75) is 49.2 Å². The largest absolute Gasteiger partial charge is 0.379 e. The van der Waals surface area contributed by atoms with Crippen LogP contribution in [0.1, 0.15) is 32.6 Å². The maximum absolute atomic E-state index is 13.0. The summed E-state index contributed by atoms with van der Waals surface area (Å²) < 4.78 is 34.8. The fraction of sp³-hybridized carbons (Fsp3) is 0.619. The number of carbonyl (C=O) groups excluding carboxylic acids is 1. The summed E-state index contributed by atoms with van der Waals surface area (Å²) in [4.78, 5) is 19.6. The second kappa shape index (κ2) is 9.89. The summed E-state index contributed by atoms with van der Waals surface area (Å²) in [6.07, 6.45) is 4.53. The van der Waals surface area contributed by atoms with Crippen molar-refractivity contribution >= 4 is 38.7 Å². The Kier molecular flexibility index (Phi) is 7.20. The molecule has 2 fully saturated rings. The quantitative estimate of drug-likeness (QED) is 0.609. The highest BCUT2D eigenvalue weighted by atomic mass is 32.2. The van der Waals surface area contributed by atoms with Gasteiger partial charge in [-0.1, -0.05) is 24.6 Å². The number of morpholine rings is 1. The number of benzene rings is 1. The number of sulfonamides is 1. The molecule has 31 heavy (non-hydrogen) atoms. The lowest BCUT2D eigenvalue weighted by molar-refractivity contribution is -0.128. The number of amides is 1. The lowest BCUT2D eigenvalue weighted by Gasteiger charge is -2.26. The number of nitrogens with zero attached hydrogens (tertiary/aromatic N) is 4. The summed E-state index contributed by atoms with van der Waals surface area (Å²) in [5.41, 5.74) is 1.52. The standard InChI is InChI=1S/C21H30N4O4S2/c1-2-25-19-8-7-17(31(27,28)24-11-13-29-14-12-24)15-18(19)22-21(25)30-16-20(26)23-9-5-3-4-6-10-23/h7-8,15H,2-6,9-14,16H2,1H3. The monoisotopic (exact) mass is 466 g/mol. The highest BCUT2D eigenvalue weighted by Crippen LogP contribution is 2.28. The average Bonchev–Trinajstić information content (AvgIpc) is 2.94. The molecule has 0 unspecified atom stereocenters. The van der Waals surface area contributed by atoms with Crippen molar-refractivity contribution in [3.63, 3.8) is 0 Å². The molecule has 0 atom stereocenters. The molecular formula is C21H30N4O4S2. The van der Waals surface area contributed by atoms with E-state index in [1.165, 1.54) is 28.9 Å². The Hall–Kier alpha value is -1.62. The molecular weight excluding hydrogens is 436 g/mol. The third-order valence-corrected chi connectivity index (χ3v) is 8.75. The number of hydrogen-bond acceptors (Lipinski definition) is 6. The maximum atomic E-state index is 13.0. The van der Waals surface area contributed by atoms with Gasteiger partial charge in [-0.3, -0.25) is 4.79 Å². The number of aromatic nitrogens is 2. The van der Waals surface area contributed by atoms with Gasteiger partial charge in [0.2, 0.25) is 15.9 Å². The smallest absolute Gasteiger partial charge is 0.243 e. The maximum Gasteiger partial charge on any atom is 0.243 e. The Labute approximate surface area is 188 Å². The zero-order valence-electron chi connectivity index (χ0n) is 18.0. The minimum Gasteiger partial charge on any atom is -0.379 e. The highest BCUT2D eigenvalue weighted by molar-refractivity contribution is 7.99. The summed E-state index contributed by atoms with van der Waals surface area (Å²) >= 11 is 1.43. The number of carbonyl (C=O) groups is 1. The molecule has 0 radical (unpaired) electrons. The number of likely N-dealkylation sites (tertiary alicyclic amines) is 1. The van der Waals surface area contributed by atoms with E-state index in [1.54, 1.807) is 12.1 Å². The fourth-order valence-corrected chi connectivity index (χ4v) is 6.55. The molecule has 170 valence electrons. The Morgan fingerprint density at radius 2 is 1.81 bits per heavy atom. The summed E-state index contributed by atoms with van der Waals surface area (Å²) in [5, 5.41) is 0.751. The Balaban J connectivity index is 1.53. The molecule has 1 aromatic carbocycles. The van der Waals surface area contributed by atoms with Crippen molar-refractivity contribution in [3.8, 4) is 0 Å². The van der Waals surface area contributed by atoms with E-state index in [0.29, 0.717) is 44.1 Å². The molecule has 0 bridgehead atoms. The van der Waals surface area contributed by atoms with Gasteiger partial charge in [0, 0.05) is 32.7 Å². The molecule has 0 N–H and O–H groups in total. The van der Waals surface area contributed by atoms with Gasteiger partial charge in [-0.05, 0) is 38.0 Å². The van der Waals surface area contributed by atoms with E-state index >= 15 is 0 Å². The minimum atomic E-state index is -3.57. The summed E-state index contributed by atoms with van der Waals surface area (Å²) in [5.74, 6) is 0.500. The molecule has 3 heterocycles. The van der Waals surface area contributed by atoms with Gasteiger partial charge in [-0.25, -0.2) is 13.4 Å². The normalized spacial score (nSPS) is 18.9. The van der Waals surface area contributed by atoms with E-state index in [-0.39, 0.29) is 10.8 Å². The molecule has 0 saturated carbocycles. The highest BCUT2D eigenvalue weighted by Gasteiger charge is 2.27. The van der Waals surface area contributed by atoms with Gasteiger partial charge in [-0.2, -0.15) is 4.31 Å². The first-order chi connectivity index (χ1) is 15.0. The molecule has 8 nitrogen and oxygen atoms in total. The van der Waals surface area contributed by atoms with Crippen molar-refractivity contribution in [1.29, 1.82) is 0 Å². The fourth-order valence-electron chi connectivity index (χ4n) is 4.14. The molecule has 0 aliphatic carbocycles. The second-order valence-electron chi connectivity index (χ2n) is 7.89. The van der Waals surface area contributed by atoms with Gasteiger partial charge < -0.3 is 14.2 Å². The molecule has 1 aromatic heterocycles. The van der Waals surface area contributed by atoms with E-state index in [0.717, 1.165) is 36.6 Å². The summed E-state index contributed by atoms with van der Waals surface area (Å²) in [7, 11) is -3.57. The Morgan fingerprint density at radius 3 is 2.48 bits per heavy atom. The first-order valence-corrected chi connectivity index (χ1v) is 13.4. The SMILES string of the molecule is CCn1c(SCC(=O)N2CCCCCC2)nc2cc(S(=O)(=O)N3CCOCC3)ccc21. The molecule has 10 heteroatoms. The van der Waals surface area contributed by atoms with E-state index in [9.17, 15) is 13.2 Å².